The third kappa shape index (κ3) is 50.7. The number of unbranched alkanes of at least 4 members (excludes halogenated alkanes) is 37. The van der Waals surface area contributed by atoms with Crippen molar-refractivity contribution in [2.45, 2.75) is 289 Å². The van der Waals surface area contributed by atoms with Crippen molar-refractivity contribution in [2.75, 3.05) is 40.9 Å². The fraction of sp³-hybridized carbons (Fsp3) is 0.911. The molecule has 0 bridgehead atoms. The van der Waals surface area contributed by atoms with Gasteiger partial charge in [0, 0.05) is 6.42 Å². The number of hydrogen-bond donors (Lipinski definition) is 2. The molecule has 0 aliphatic carbocycles. The number of hydrogen-bond acceptors (Lipinski definition) is 6. The van der Waals surface area contributed by atoms with E-state index in [1.165, 1.54) is 218 Å². The number of amides is 1. The second-order valence-corrected chi connectivity index (χ2v) is 22.1. The van der Waals surface area contributed by atoms with Crippen molar-refractivity contribution in [3.05, 3.63) is 24.3 Å². The van der Waals surface area contributed by atoms with Crippen LogP contribution < -0.4 is 10.2 Å². The molecule has 8 nitrogen and oxygen atoms in total. The van der Waals surface area contributed by atoms with E-state index in [0.29, 0.717) is 17.4 Å². The van der Waals surface area contributed by atoms with E-state index in [4.69, 9.17) is 9.05 Å². The lowest BCUT2D eigenvalue weighted by Crippen LogP contribution is -2.45. The van der Waals surface area contributed by atoms with Crippen LogP contribution in [0.2, 0.25) is 0 Å². The van der Waals surface area contributed by atoms with Crippen LogP contribution in [0.4, 0.5) is 0 Å². The van der Waals surface area contributed by atoms with Crippen molar-refractivity contribution < 1.29 is 32.9 Å². The van der Waals surface area contributed by atoms with Gasteiger partial charge in [0.05, 0.1) is 39.9 Å². The first-order valence-electron chi connectivity index (χ1n) is 28.2. The van der Waals surface area contributed by atoms with Gasteiger partial charge < -0.3 is 28.8 Å². The summed E-state index contributed by atoms with van der Waals surface area (Å²) in [6.45, 7) is 4.68. The average Bonchev–Trinajstić information content (AvgIpc) is 3.26. The van der Waals surface area contributed by atoms with Crippen LogP contribution in [0.5, 0.6) is 0 Å². The zero-order chi connectivity index (χ0) is 47.8. The van der Waals surface area contributed by atoms with E-state index >= 15 is 0 Å². The highest BCUT2D eigenvalue weighted by Gasteiger charge is 2.23. The van der Waals surface area contributed by atoms with E-state index in [2.05, 4.69) is 31.3 Å². The fourth-order valence-corrected chi connectivity index (χ4v) is 9.17. The van der Waals surface area contributed by atoms with Gasteiger partial charge in [-0.2, -0.15) is 0 Å². The first-order chi connectivity index (χ1) is 31.5. The number of aliphatic hydroxyl groups is 1. The van der Waals surface area contributed by atoms with E-state index in [-0.39, 0.29) is 19.1 Å². The Morgan fingerprint density at radius 2 is 0.846 bits per heavy atom. The molecule has 9 heteroatoms. The second-order valence-electron chi connectivity index (χ2n) is 20.6. The van der Waals surface area contributed by atoms with Crippen LogP contribution in [0.3, 0.4) is 0 Å². The zero-order valence-electron chi connectivity index (χ0n) is 44.0. The molecule has 2 N–H and O–H groups in total. The lowest BCUT2D eigenvalue weighted by molar-refractivity contribution is -0.870. The van der Waals surface area contributed by atoms with Crippen LogP contribution in [-0.2, 0) is 18.4 Å². The smallest absolute Gasteiger partial charge is 0.268 e. The molecule has 0 saturated carbocycles. The molecule has 0 aliphatic rings. The van der Waals surface area contributed by atoms with Crippen LogP contribution in [0.15, 0.2) is 24.3 Å². The number of quaternary nitrogens is 1. The Morgan fingerprint density at radius 1 is 0.523 bits per heavy atom. The second kappa shape index (κ2) is 48.0. The highest BCUT2D eigenvalue weighted by atomic mass is 31.2. The van der Waals surface area contributed by atoms with Gasteiger partial charge >= 0.3 is 0 Å². The number of carbonyl (C=O) groups is 1. The minimum absolute atomic E-state index is 0.000239. The largest absolute Gasteiger partial charge is 0.756 e. The van der Waals surface area contributed by atoms with Crippen LogP contribution in [0, 0.1) is 0 Å². The quantitative estimate of drug-likeness (QED) is 0.0272. The van der Waals surface area contributed by atoms with Gasteiger partial charge in [0.15, 0.2) is 0 Å². The maximum absolute atomic E-state index is 12.9. The van der Waals surface area contributed by atoms with Gasteiger partial charge in [-0.25, -0.2) is 0 Å². The molecule has 386 valence electrons. The van der Waals surface area contributed by atoms with Crippen molar-refractivity contribution in [3.8, 4) is 0 Å². The Balaban J connectivity index is 4.24. The number of allylic oxidation sites excluding steroid dienone is 3. The van der Waals surface area contributed by atoms with Crippen molar-refractivity contribution >= 4 is 13.7 Å². The molecule has 65 heavy (non-hydrogen) atoms. The first-order valence-corrected chi connectivity index (χ1v) is 29.7. The van der Waals surface area contributed by atoms with Gasteiger partial charge in [-0.15, -0.1) is 0 Å². The van der Waals surface area contributed by atoms with Crippen LogP contribution in [0.25, 0.3) is 0 Å². The lowest BCUT2D eigenvalue weighted by atomic mass is 10.0. The average molecular weight is 939 g/mol. The van der Waals surface area contributed by atoms with E-state index < -0.39 is 20.0 Å². The molecule has 0 aromatic rings. The Morgan fingerprint density at radius 3 is 1.20 bits per heavy atom. The third-order valence-electron chi connectivity index (χ3n) is 12.9. The molecular formula is C56H111N2O6P. The van der Waals surface area contributed by atoms with Crippen LogP contribution >= 0.6 is 7.82 Å². The summed E-state index contributed by atoms with van der Waals surface area (Å²) < 4.78 is 23.3. The molecule has 0 spiro atoms. The summed E-state index contributed by atoms with van der Waals surface area (Å²) >= 11 is 0. The number of phosphoric ester groups is 1. The number of aliphatic hydroxyl groups excluding tert-OH is 1. The van der Waals surface area contributed by atoms with E-state index in [9.17, 15) is 19.4 Å². The minimum Gasteiger partial charge on any atom is -0.756 e. The molecular weight excluding hydrogens is 828 g/mol. The summed E-state index contributed by atoms with van der Waals surface area (Å²) in [5.41, 5.74) is 0. The number of rotatable bonds is 52. The Kier molecular flexibility index (Phi) is 47.3. The Labute approximate surface area is 404 Å². The van der Waals surface area contributed by atoms with Gasteiger partial charge in [-0.05, 0) is 44.9 Å². The lowest BCUT2D eigenvalue weighted by Gasteiger charge is -2.29. The van der Waals surface area contributed by atoms with Gasteiger partial charge in [0.2, 0.25) is 5.91 Å². The normalized spacial score (nSPS) is 14.1. The third-order valence-corrected chi connectivity index (χ3v) is 13.9. The van der Waals surface area contributed by atoms with E-state index in [1.54, 1.807) is 6.08 Å². The SMILES string of the molecule is CCCCCCCCCCCC/C=C\CCCCCCCCCC(=O)NC(COP(=O)([O-])OCC[N+](C)(C)C)C(O)/C=C/CCCCCCCCCCCCCCCCCCCCCC. The van der Waals surface area contributed by atoms with Gasteiger partial charge in [0.25, 0.3) is 7.82 Å². The minimum atomic E-state index is -4.59. The number of nitrogens with zero attached hydrogens (tertiary/aromatic N) is 1. The summed E-state index contributed by atoms with van der Waals surface area (Å²) in [6.07, 6.45) is 59.6. The topological polar surface area (TPSA) is 108 Å². The molecule has 0 radical (unpaired) electrons. The predicted octanol–water partition coefficient (Wildman–Crippen LogP) is 16.2. The summed E-state index contributed by atoms with van der Waals surface area (Å²) in [5, 5.41) is 13.9. The summed E-state index contributed by atoms with van der Waals surface area (Å²) in [6, 6.07) is -0.887. The molecule has 0 saturated heterocycles. The summed E-state index contributed by atoms with van der Waals surface area (Å²) in [4.78, 5) is 25.5. The number of likely N-dealkylation sites (N-methyl/N-ethyl adjacent to an activating group) is 1. The summed E-state index contributed by atoms with van der Waals surface area (Å²) in [5.74, 6) is -0.198. The van der Waals surface area contributed by atoms with Crippen molar-refractivity contribution in [1.29, 1.82) is 0 Å². The van der Waals surface area contributed by atoms with E-state index in [0.717, 1.165) is 38.5 Å². The van der Waals surface area contributed by atoms with Gasteiger partial charge in [-0.3, -0.25) is 9.36 Å². The van der Waals surface area contributed by atoms with Gasteiger partial charge in [0.1, 0.15) is 13.2 Å². The summed E-state index contributed by atoms with van der Waals surface area (Å²) in [7, 11) is 1.27. The first kappa shape index (κ1) is 64.0. The van der Waals surface area contributed by atoms with Crippen LogP contribution in [-0.4, -0.2) is 68.5 Å². The molecule has 0 aromatic heterocycles. The predicted molar refractivity (Wildman–Crippen MR) is 279 cm³/mol. The number of phosphoric acid groups is 1. The monoisotopic (exact) mass is 939 g/mol. The molecule has 1 amide bonds. The molecule has 0 aromatic carbocycles. The maximum atomic E-state index is 12.9. The number of carbonyl (C=O) groups excluding carboxylic acids is 1. The molecule has 3 atom stereocenters. The highest BCUT2D eigenvalue weighted by molar-refractivity contribution is 7.45. The molecule has 0 rings (SSSR count). The van der Waals surface area contributed by atoms with Crippen molar-refractivity contribution in [3.63, 3.8) is 0 Å². The van der Waals surface area contributed by atoms with Crippen molar-refractivity contribution in [1.82, 2.24) is 5.32 Å². The van der Waals surface area contributed by atoms with Crippen molar-refractivity contribution in [2.24, 2.45) is 0 Å². The highest BCUT2D eigenvalue weighted by Crippen LogP contribution is 2.38. The molecule has 0 fully saturated rings. The maximum Gasteiger partial charge on any atom is 0.268 e. The molecule has 0 heterocycles. The van der Waals surface area contributed by atoms with Crippen LogP contribution in [0.1, 0.15) is 277 Å². The molecule has 0 aliphatic heterocycles. The molecule has 3 unspecified atom stereocenters. The zero-order valence-corrected chi connectivity index (χ0v) is 44.9. The standard InChI is InChI=1S/C56H111N2O6P/c1-6-8-10-12-14-16-18-20-22-24-26-28-30-31-33-35-37-39-41-43-45-47-49-55(59)54(53-64-65(61,62)63-52-51-58(3,4)5)57-56(60)50-48-46-44-42-40-38-36-34-32-29-27-25-23-21-19-17-15-13-11-9-7-2/h29,32,47,49,54-55,59H,6-28,30-31,33-46,48,50-53H2,1-5H3,(H-,57,60,61,62)/b32-29-,49-47+. The van der Waals surface area contributed by atoms with Gasteiger partial charge in [-0.1, -0.05) is 250 Å². The van der Waals surface area contributed by atoms with E-state index in [1.807, 2.05) is 27.2 Å². The Hall–Kier alpha value is -1.02. The fourth-order valence-electron chi connectivity index (χ4n) is 8.44. The Bertz CT molecular complexity index is 1110. The number of nitrogens with one attached hydrogen (secondary N) is 1.